The Morgan fingerprint density at radius 1 is 1.33 bits per heavy atom. The van der Waals surface area contributed by atoms with Crippen molar-refractivity contribution in [2.45, 2.75) is 51.7 Å². The summed E-state index contributed by atoms with van der Waals surface area (Å²) in [5.74, 6) is 3.52. The van der Waals surface area contributed by atoms with Crippen molar-refractivity contribution in [3.05, 3.63) is 23.8 Å². The van der Waals surface area contributed by atoms with Crippen molar-refractivity contribution >= 4 is 0 Å². The van der Waals surface area contributed by atoms with Crippen LogP contribution < -0.4 is 14.8 Å². The lowest BCUT2D eigenvalue weighted by molar-refractivity contribution is -0.0872. The highest BCUT2D eigenvalue weighted by Gasteiger charge is 2.51. The number of hydrogen-bond donors (Lipinski definition) is 1. The number of benzene rings is 1. The van der Waals surface area contributed by atoms with Crippen molar-refractivity contribution in [3.63, 3.8) is 0 Å². The molecule has 0 amide bonds. The number of hydrogen-bond acceptors (Lipinski definition) is 3. The maximum absolute atomic E-state index is 6.42. The van der Waals surface area contributed by atoms with Crippen LogP contribution in [-0.4, -0.2) is 19.3 Å². The fourth-order valence-electron chi connectivity index (χ4n) is 3.82. The van der Waals surface area contributed by atoms with Gasteiger partial charge in [0.2, 0.25) is 0 Å². The zero-order valence-electron chi connectivity index (χ0n) is 13.6. The van der Waals surface area contributed by atoms with Crippen molar-refractivity contribution in [2.75, 3.05) is 13.7 Å². The van der Waals surface area contributed by atoms with Gasteiger partial charge in [-0.15, -0.1) is 0 Å². The van der Waals surface area contributed by atoms with Crippen LogP contribution in [0.15, 0.2) is 18.2 Å². The van der Waals surface area contributed by atoms with E-state index in [1.165, 1.54) is 18.4 Å². The Labute approximate surface area is 128 Å². The fourth-order valence-corrected chi connectivity index (χ4v) is 3.82. The third kappa shape index (κ3) is 2.64. The smallest absolute Gasteiger partial charge is 0.125 e. The molecule has 1 fully saturated rings. The van der Waals surface area contributed by atoms with Crippen LogP contribution in [0.25, 0.3) is 0 Å². The maximum Gasteiger partial charge on any atom is 0.125 e. The van der Waals surface area contributed by atoms with E-state index in [1.54, 1.807) is 7.11 Å². The van der Waals surface area contributed by atoms with Crippen LogP contribution in [0.4, 0.5) is 0 Å². The summed E-state index contributed by atoms with van der Waals surface area (Å²) in [6, 6.07) is 6.57. The van der Waals surface area contributed by atoms with E-state index < -0.39 is 0 Å². The molecule has 1 spiro atoms. The first kappa shape index (κ1) is 14.7. The van der Waals surface area contributed by atoms with Gasteiger partial charge in [0.05, 0.1) is 7.11 Å². The molecule has 1 aromatic carbocycles. The van der Waals surface area contributed by atoms with E-state index in [-0.39, 0.29) is 5.60 Å². The molecule has 1 aliphatic carbocycles. The lowest BCUT2D eigenvalue weighted by Crippen LogP contribution is -2.54. The van der Waals surface area contributed by atoms with E-state index >= 15 is 0 Å². The van der Waals surface area contributed by atoms with Gasteiger partial charge < -0.3 is 14.8 Å². The summed E-state index contributed by atoms with van der Waals surface area (Å²) in [4.78, 5) is 0. The molecule has 116 valence electrons. The van der Waals surface area contributed by atoms with Crippen LogP contribution in [0.2, 0.25) is 0 Å². The van der Waals surface area contributed by atoms with Crippen LogP contribution >= 0.6 is 0 Å². The summed E-state index contributed by atoms with van der Waals surface area (Å²) >= 11 is 0. The summed E-state index contributed by atoms with van der Waals surface area (Å²) in [7, 11) is 1.72. The number of methoxy groups -OCH3 is 1. The molecule has 21 heavy (non-hydrogen) atoms. The van der Waals surface area contributed by atoms with E-state index in [0.29, 0.717) is 6.04 Å². The topological polar surface area (TPSA) is 30.5 Å². The molecular weight excluding hydrogens is 262 g/mol. The first-order chi connectivity index (χ1) is 10.1. The molecule has 0 radical (unpaired) electrons. The van der Waals surface area contributed by atoms with Crippen molar-refractivity contribution in [1.29, 1.82) is 0 Å². The van der Waals surface area contributed by atoms with Gasteiger partial charge in [0.15, 0.2) is 0 Å². The summed E-state index contributed by atoms with van der Waals surface area (Å²) < 4.78 is 11.8. The minimum absolute atomic E-state index is 0.0589. The largest absolute Gasteiger partial charge is 0.497 e. The van der Waals surface area contributed by atoms with Gasteiger partial charge in [0, 0.05) is 18.0 Å². The zero-order chi connectivity index (χ0) is 15.0. The van der Waals surface area contributed by atoms with Crippen LogP contribution in [0.5, 0.6) is 11.5 Å². The Hall–Kier alpha value is -1.22. The molecule has 1 aromatic rings. The molecule has 1 heterocycles. The monoisotopic (exact) mass is 289 g/mol. The summed E-state index contributed by atoms with van der Waals surface area (Å²) in [6.07, 6.45) is 3.46. The molecule has 0 aromatic heterocycles. The van der Waals surface area contributed by atoms with Crippen molar-refractivity contribution in [1.82, 2.24) is 5.32 Å². The highest BCUT2D eigenvalue weighted by molar-refractivity contribution is 5.44. The SMILES string of the molecule is CCNC1CC2(CC(C(C)C)C2)Oc2ccc(OC)cc21. The molecule has 3 heteroatoms. The van der Waals surface area contributed by atoms with Crippen LogP contribution in [0.3, 0.4) is 0 Å². The molecule has 3 nitrogen and oxygen atoms in total. The third-order valence-electron chi connectivity index (χ3n) is 5.16. The average Bonchev–Trinajstić information content (AvgIpc) is 2.44. The quantitative estimate of drug-likeness (QED) is 0.911. The van der Waals surface area contributed by atoms with Crippen LogP contribution in [-0.2, 0) is 0 Å². The van der Waals surface area contributed by atoms with Gasteiger partial charge in [0.1, 0.15) is 17.1 Å². The second-order valence-electron chi connectivity index (χ2n) is 6.92. The summed E-state index contributed by atoms with van der Waals surface area (Å²) in [5.41, 5.74) is 1.30. The molecular formula is C18H27NO2. The van der Waals surface area contributed by atoms with Gasteiger partial charge in [-0.05, 0) is 49.4 Å². The van der Waals surface area contributed by atoms with Gasteiger partial charge >= 0.3 is 0 Å². The van der Waals surface area contributed by atoms with Gasteiger partial charge in [0.25, 0.3) is 0 Å². The van der Waals surface area contributed by atoms with Crippen molar-refractivity contribution in [3.8, 4) is 11.5 Å². The lowest BCUT2D eigenvalue weighted by atomic mass is 9.62. The molecule has 0 saturated heterocycles. The predicted octanol–water partition coefficient (Wildman–Crippen LogP) is 3.93. The molecule has 1 atom stereocenters. The molecule has 1 saturated carbocycles. The highest BCUT2D eigenvalue weighted by Crippen LogP contribution is 2.53. The first-order valence-corrected chi connectivity index (χ1v) is 8.17. The predicted molar refractivity (Wildman–Crippen MR) is 84.9 cm³/mol. The van der Waals surface area contributed by atoms with E-state index in [0.717, 1.165) is 36.3 Å². The van der Waals surface area contributed by atoms with E-state index in [1.807, 2.05) is 6.07 Å². The Morgan fingerprint density at radius 3 is 2.71 bits per heavy atom. The molecule has 1 aliphatic heterocycles. The minimum atomic E-state index is 0.0589. The molecule has 1 N–H and O–H groups in total. The second-order valence-corrected chi connectivity index (χ2v) is 6.92. The molecule has 3 rings (SSSR count). The van der Waals surface area contributed by atoms with Gasteiger partial charge in [-0.1, -0.05) is 20.8 Å². The fraction of sp³-hybridized carbons (Fsp3) is 0.667. The Morgan fingerprint density at radius 2 is 2.10 bits per heavy atom. The van der Waals surface area contributed by atoms with E-state index in [9.17, 15) is 0 Å². The van der Waals surface area contributed by atoms with Gasteiger partial charge in [-0.3, -0.25) is 0 Å². The number of rotatable bonds is 4. The maximum atomic E-state index is 6.42. The Kier molecular flexibility index (Phi) is 3.87. The molecule has 0 bridgehead atoms. The summed E-state index contributed by atoms with van der Waals surface area (Å²) in [6.45, 7) is 7.78. The molecule has 2 aliphatic rings. The number of nitrogens with one attached hydrogen (secondary N) is 1. The lowest BCUT2D eigenvalue weighted by Gasteiger charge is -2.53. The highest BCUT2D eigenvalue weighted by atomic mass is 16.5. The average molecular weight is 289 g/mol. The van der Waals surface area contributed by atoms with Crippen molar-refractivity contribution < 1.29 is 9.47 Å². The molecule has 1 unspecified atom stereocenters. The third-order valence-corrected chi connectivity index (χ3v) is 5.16. The van der Waals surface area contributed by atoms with Gasteiger partial charge in [-0.25, -0.2) is 0 Å². The zero-order valence-corrected chi connectivity index (χ0v) is 13.6. The van der Waals surface area contributed by atoms with Crippen LogP contribution in [0.1, 0.15) is 51.6 Å². The second kappa shape index (κ2) is 5.53. The van der Waals surface area contributed by atoms with Crippen molar-refractivity contribution in [2.24, 2.45) is 11.8 Å². The standard InChI is InChI=1S/C18H27NO2/c1-5-19-16-11-18(9-13(10-18)12(2)3)21-17-7-6-14(20-4)8-15(16)17/h6-8,12-13,16,19H,5,9-11H2,1-4H3. The number of ether oxygens (including phenoxy) is 2. The minimum Gasteiger partial charge on any atom is -0.497 e. The van der Waals surface area contributed by atoms with E-state index in [4.69, 9.17) is 9.47 Å². The first-order valence-electron chi connectivity index (χ1n) is 8.17. The van der Waals surface area contributed by atoms with E-state index in [2.05, 4.69) is 38.2 Å². The summed E-state index contributed by atoms with van der Waals surface area (Å²) in [5, 5.41) is 3.62. The normalized spacial score (nSPS) is 30.7. The van der Waals surface area contributed by atoms with Crippen LogP contribution in [0, 0.1) is 11.8 Å². The Bertz CT molecular complexity index is 506. The van der Waals surface area contributed by atoms with Gasteiger partial charge in [-0.2, -0.15) is 0 Å². The Balaban J connectivity index is 1.85. The number of fused-ring (bicyclic) bond motifs is 1.